The van der Waals surface area contributed by atoms with Crippen molar-refractivity contribution in [3.05, 3.63) is 17.5 Å². The molecule has 0 aliphatic carbocycles. The second-order valence-corrected chi connectivity index (χ2v) is 4.62. The molecule has 90 valence electrons. The highest BCUT2D eigenvalue weighted by molar-refractivity contribution is 5.18. The third kappa shape index (κ3) is 2.42. The van der Waals surface area contributed by atoms with Gasteiger partial charge >= 0.3 is 0 Å². The maximum absolute atomic E-state index is 5.71. The zero-order valence-electron chi connectivity index (χ0n) is 10.2. The van der Waals surface area contributed by atoms with Gasteiger partial charge in [0.25, 0.3) is 0 Å². The van der Waals surface area contributed by atoms with Crippen LogP contribution in [-0.4, -0.2) is 53.3 Å². The highest BCUT2D eigenvalue weighted by atomic mass is 15.3. The number of rotatable bonds is 4. The third-order valence-corrected chi connectivity index (χ3v) is 3.12. The van der Waals surface area contributed by atoms with E-state index in [9.17, 15) is 0 Å². The van der Waals surface area contributed by atoms with Crippen LogP contribution in [0.15, 0.2) is 6.20 Å². The standard InChI is InChI=1S/C11H21N5/c1-14(2)3-4-15-5-6-16-11(9-15)10(7-12)8-13-16/h8H,3-7,9,12H2,1-2H3. The molecule has 1 aliphatic rings. The molecule has 0 radical (unpaired) electrons. The summed E-state index contributed by atoms with van der Waals surface area (Å²) in [5.74, 6) is 0. The van der Waals surface area contributed by atoms with E-state index in [-0.39, 0.29) is 0 Å². The minimum atomic E-state index is 0.594. The summed E-state index contributed by atoms with van der Waals surface area (Å²) in [4.78, 5) is 4.69. The lowest BCUT2D eigenvalue weighted by atomic mass is 10.2. The van der Waals surface area contributed by atoms with Crippen LogP contribution in [0.4, 0.5) is 0 Å². The van der Waals surface area contributed by atoms with Crippen molar-refractivity contribution in [3.8, 4) is 0 Å². The molecule has 5 nitrogen and oxygen atoms in total. The molecule has 2 rings (SSSR count). The maximum atomic E-state index is 5.71. The second kappa shape index (κ2) is 4.95. The van der Waals surface area contributed by atoms with Gasteiger partial charge in [0.15, 0.2) is 0 Å². The molecule has 2 heterocycles. The molecule has 0 bridgehead atoms. The van der Waals surface area contributed by atoms with E-state index in [0.717, 1.165) is 32.7 Å². The van der Waals surface area contributed by atoms with Crippen molar-refractivity contribution in [3.63, 3.8) is 0 Å². The molecule has 0 aromatic carbocycles. The van der Waals surface area contributed by atoms with E-state index in [1.54, 1.807) is 0 Å². The van der Waals surface area contributed by atoms with Crippen molar-refractivity contribution in [1.29, 1.82) is 0 Å². The molecular weight excluding hydrogens is 202 g/mol. The Kier molecular flexibility index (Phi) is 3.58. The highest BCUT2D eigenvalue weighted by Crippen LogP contribution is 2.15. The predicted molar refractivity (Wildman–Crippen MR) is 63.9 cm³/mol. The first-order valence-corrected chi connectivity index (χ1v) is 5.81. The summed E-state index contributed by atoms with van der Waals surface area (Å²) in [6.07, 6.45) is 1.91. The monoisotopic (exact) mass is 223 g/mol. The fourth-order valence-electron chi connectivity index (χ4n) is 2.06. The third-order valence-electron chi connectivity index (χ3n) is 3.12. The van der Waals surface area contributed by atoms with Gasteiger partial charge < -0.3 is 10.6 Å². The normalized spacial score (nSPS) is 16.8. The number of likely N-dealkylation sites (N-methyl/N-ethyl adjacent to an activating group) is 1. The van der Waals surface area contributed by atoms with E-state index < -0.39 is 0 Å². The molecule has 0 fully saturated rings. The van der Waals surface area contributed by atoms with Gasteiger partial charge in [0, 0.05) is 38.3 Å². The number of aromatic nitrogens is 2. The topological polar surface area (TPSA) is 50.3 Å². The molecule has 1 aromatic heterocycles. The number of nitrogens with two attached hydrogens (primary N) is 1. The van der Waals surface area contributed by atoms with Crippen LogP contribution in [0.5, 0.6) is 0 Å². The Hall–Kier alpha value is -0.910. The van der Waals surface area contributed by atoms with Gasteiger partial charge in [-0.15, -0.1) is 0 Å². The van der Waals surface area contributed by atoms with E-state index in [4.69, 9.17) is 5.73 Å². The molecule has 2 N–H and O–H groups in total. The molecular formula is C11H21N5. The van der Waals surface area contributed by atoms with Gasteiger partial charge in [-0.25, -0.2) is 0 Å². The molecule has 0 saturated carbocycles. The second-order valence-electron chi connectivity index (χ2n) is 4.62. The largest absolute Gasteiger partial charge is 0.326 e. The van der Waals surface area contributed by atoms with Crippen LogP contribution in [0.3, 0.4) is 0 Å². The van der Waals surface area contributed by atoms with Crippen molar-refractivity contribution >= 4 is 0 Å². The van der Waals surface area contributed by atoms with E-state index in [0.29, 0.717) is 6.54 Å². The SMILES string of the molecule is CN(C)CCN1CCn2ncc(CN)c2C1. The molecule has 16 heavy (non-hydrogen) atoms. The van der Waals surface area contributed by atoms with E-state index >= 15 is 0 Å². The van der Waals surface area contributed by atoms with Gasteiger partial charge in [-0.05, 0) is 14.1 Å². The first-order chi connectivity index (χ1) is 7.70. The van der Waals surface area contributed by atoms with Crippen LogP contribution in [0, 0.1) is 0 Å². The van der Waals surface area contributed by atoms with Gasteiger partial charge in [-0.2, -0.15) is 5.10 Å². The molecule has 0 atom stereocenters. The maximum Gasteiger partial charge on any atom is 0.0569 e. The number of hydrogen-bond donors (Lipinski definition) is 1. The molecule has 1 aromatic rings. The molecule has 0 spiro atoms. The van der Waals surface area contributed by atoms with Crippen molar-refractivity contribution in [2.75, 3.05) is 33.7 Å². The van der Waals surface area contributed by atoms with Gasteiger partial charge in [-0.1, -0.05) is 0 Å². The fraction of sp³-hybridized carbons (Fsp3) is 0.727. The van der Waals surface area contributed by atoms with Gasteiger partial charge in [-0.3, -0.25) is 9.58 Å². The summed E-state index contributed by atoms with van der Waals surface area (Å²) in [7, 11) is 4.22. The van der Waals surface area contributed by atoms with Crippen LogP contribution < -0.4 is 5.73 Å². The van der Waals surface area contributed by atoms with Crippen molar-refractivity contribution in [1.82, 2.24) is 19.6 Å². The Morgan fingerprint density at radius 3 is 2.94 bits per heavy atom. The summed E-state index contributed by atoms with van der Waals surface area (Å²) < 4.78 is 2.09. The summed E-state index contributed by atoms with van der Waals surface area (Å²) in [5.41, 5.74) is 8.19. The average molecular weight is 223 g/mol. The van der Waals surface area contributed by atoms with Crippen LogP contribution in [0.25, 0.3) is 0 Å². The van der Waals surface area contributed by atoms with Crippen LogP contribution in [0.2, 0.25) is 0 Å². The Morgan fingerprint density at radius 2 is 2.25 bits per heavy atom. The smallest absolute Gasteiger partial charge is 0.0569 e. The quantitative estimate of drug-likeness (QED) is 0.763. The lowest BCUT2D eigenvalue weighted by Gasteiger charge is -2.29. The minimum absolute atomic E-state index is 0.594. The van der Waals surface area contributed by atoms with Crippen molar-refractivity contribution in [2.45, 2.75) is 19.6 Å². The Morgan fingerprint density at radius 1 is 1.44 bits per heavy atom. The Balaban J connectivity index is 1.99. The average Bonchev–Trinajstić information content (AvgIpc) is 2.68. The molecule has 0 saturated heterocycles. The first kappa shape index (κ1) is 11.6. The summed E-state index contributed by atoms with van der Waals surface area (Å²) >= 11 is 0. The zero-order chi connectivity index (χ0) is 11.5. The number of fused-ring (bicyclic) bond motifs is 1. The first-order valence-electron chi connectivity index (χ1n) is 5.81. The van der Waals surface area contributed by atoms with E-state index in [1.807, 2.05) is 6.20 Å². The Labute approximate surface area is 96.8 Å². The highest BCUT2D eigenvalue weighted by Gasteiger charge is 2.19. The van der Waals surface area contributed by atoms with E-state index in [1.165, 1.54) is 11.3 Å². The van der Waals surface area contributed by atoms with Crippen molar-refractivity contribution < 1.29 is 0 Å². The summed E-state index contributed by atoms with van der Waals surface area (Å²) in [6.45, 7) is 5.88. The van der Waals surface area contributed by atoms with Crippen molar-refractivity contribution in [2.24, 2.45) is 5.73 Å². The fourth-order valence-corrected chi connectivity index (χ4v) is 2.06. The lowest BCUT2D eigenvalue weighted by Crippen LogP contribution is -2.38. The van der Waals surface area contributed by atoms with Gasteiger partial charge in [0.05, 0.1) is 18.4 Å². The number of nitrogens with zero attached hydrogens (tertiary/aromatic N) is 4. The van der Waals surface area contributed by atoms with Crippen LogP contribution in [0.1, 0.15) is 11.3 Å². The Bertz CT molecular complexity index is 331. The summed E-state index contributed by atoms with van der Waals surface area (Å²) in [6, 6.07) is 0. The van der Waals surface area contributed by atoms with Gasteiger partial charge in [0.1, 0.15) is 0 Å². The lowest BCUT2D eigenvalue weighted by molar-refractivity contribution is 0.193. The minimum Gasteiger partial charge on any atom is -0.326 e. The predicted octanol–water partition coefficient (Wildman–Crippen LogP) is -0.281. The summed E-state index contributed by atoms with van der Waals surface area (Å²) in [5, 5.41) is 4.36. The van der Waals surface area contributed by atoms with Gasteiger partial charge in [0.2, 0.25) is 0 Å². The molecule has 5 heteroatoms. The molecule has 0 unspecified atom stereocenters. The van der Waals surface area contributed by atoms with Crippen LogP contribution in [-0.2, 0) is 19.6 Å². The van der Waals surface area contributed by atoms with Crippen LogP contribution >= 0.6 is 0 Å². The van der Waals surface area contributed by atoms with E-state index in [2.05, 4.69) is 33.7 Å². The number of hydrogen-bond acceptors (Lipinski definition) is 4. The molecule has 1 aliphatic heterocycles. The molecule has 0 amide bonds. The zero-order valence-corrected chi connectivity index (χ0v) is 10.2.